The van der Waals surface area contributed by atoms with Crippen LogP contribution in [0.15, 0.2) is 41.0 Å². The third kappa shape index (κ3) is 3.36. The smallest absolute Gasteiger partial charge is 0.280 e. The molecule has 3 aromatic heterocycles. The topological polar surface area (TPSA) is 64.2 Å². The van der Waals surface area contributed by atoms with Crippen molar-refractivity contribution in [3.63, 3.8) is 0 Å². The van der Waals surface area contributed by atoms with Crippen LogP contribution in [0.4, 0.5) is 5.13 Å². The SMILES string of the molecule is Cc1cc(Cl)cc2sc(N(Cc3ccco3)C(=O)c3cc(C)n(C)n3)nc12. The number of amides is 1. The maximum Gasteiger partial charge on any atom is 0.280 e. The Bertz CT molecular complexity index is 1110. The summed E-state index contributed by atoms with van der Waals surface area (Å²) in [4.78, 5) is 19.5. The van der Waals surface area contributed by atoms with Crippen LogP contribution in [-0.4, -0.2) is 20.7 Å². The summed E-state index contributed by atoms with van der Waals surface area (Å²) in [6, 6.07) is 9.14. The molecule has 0 spiro atoms. The zero-order chi connectivity index (χ0) is 19.1. The number of nitrogens with zero attached hydrogens (tertiary/aromatic N) is 4. The summed E-state index contributed by atoms with van der Waals surface area (Å²) < 4.78 is 8.07. The van der Waals surface area contributed by atoms with E-state index < -0.39 is 0 Å². The number of anilines is 1. The van der Waals surface area contributed by atoms with Gasteiger partial charge in [0, 0.05) is 17.8 Å². The van der Waals surface area contributed by atoms with Gasteiger partial charge in [0.05, 0.1) is 23.0 Å². The van der Waals surface area contributed by atoms with Gasteiger partial charge in [-0.25, -0.2) is 4.98 Å². The highest BCUT2D eigenvalue weighted by atomic mass is 35.5. The molecule has 0 aliphatic heterocycles. The predicted octanol–water partition coefficient (Wildman–Crippen LogP) is 4.74. The molecule has 0 radical (unpaired) electrons. The van der Waals surface area contributed by atoms with Gasteiger partial charge in [-0.15, -0.1) is 0 Å². The monoisotopic (exact) mass is 400 g/mol. The summed E-state index contributed by atoms with van der Waals surface area (Å²) in [6.07, 6.45) is 1.59. The third-order valence-electron chi connectivity index (χ3n) is 4.34. The van der Waals surface area contributed by atoms with E-state index in [9.17, 15) is 4.79 Å². The fourth-order valence-electron chi connectivity index (χ4n) is 2.85. The molecule has 3 heterocycles. The first-order chi connectivity index (χ1) is 12.9. The van der Waals surface area contributed by atoms with E-state index in [1.807, 2.05) is 39.1 Å². The maximum absolute atomic E-state index is 13.2. The van der Waals surface area contributed by atoms with E-state index in [4.69, 9.17) is 21.0 Å². The molecule has 0 fully saturated rings. The van der Waals surface area contributed by atoms with E-state index in [0.717, 1.165) is 21.5 Å². The summed E-state index contributed by atoms with van der Waals surface area (Å²) in [6.45, 7) is 4.14. The second-order valence-corrected chi connectivity index (χ2v) is 7.78. The lowest BCUT2D eigenvalue weighted by Gasteiger charge is -2.17. The van der Waals surface area contributed by atoms with Crippen LogP contribution in [-0.2, 0) is 13.6 Å². The second-order valence-electron chi connectivity index (χ2n) is 6.33. The molecule has 0 aliphatic rings. The third-order valence-corrected chi connectivity index (χ3v) is 5.59. The molecule has 0 N–H and O–H groups in total. The lowest BCUT2D eigenvalue weighted by Crippen LogP contribution is -2.30. The predicted molar refractivity (Wildman–Crippen MR) is 107 cm³/mol. The Morgan fingerprint density at radius 1 is 1.33 bits per heavy atom. The number of aromatic nitrogens is 3. The molecule has 4 aromatic rings. The summed E-state index contributed by atoms with van der Waals surface area (Å²) in [5.74, 6) is 0.447. The van der Waals surface area contributed by atoms with Gasteiger partial charge in [0.25, 0.3) is 5.91 Å². The molecule has 27 heavy (non-hydrogen) atoms. The van der Waals surface area contributed by atoms with Crippen molar-refractivity contribution in [2.75, 3.05) is 4.90 Å². The molecule has 0 atom stereocenters. The molecule has 138 valence electrons. The Hall–Kier alpha value is -2.64. The van der Waals surface area contributed by atoms with Crippen LogP contribution in [0, 0.1) is 13.8 Å². The number of furan rings is 1. The van der Waals surface area contributed by atoms with Gasteiger partial charge in [-0.3, -0.25) is 14.4 Å². The van der Waals surface area contributed by atoms with Crippen LogP contribution < -0.4 is 4.90 Å². The molecule has 0 bridgehead atoms. The quantitative estimate of drug-likeness (QED) is 0.496. The van der Waals surface area contributed by atoms with E-state index in [-0.39, 0.29) is 12.5 Å². The van der Waals surface area contributed by atoms with Gasteiger partial charge in [-0.1, -0.05) is 22.9 Å². The number of carbonyl (C=O) groups excluding carboxylic acids is 1. The van der Waals surface area contributed by atoms with E-state index in [1.54, 1.807) is 28.0 Å². The highest BCUT2D eigenvalue weighted by Crippen LogP contribution is 2.34. The zero-order valence-corrected chi connectivity index (χ0v) is 16.6. The Morgan fingerprint density at radius 3 is 2.81 bits per heavy atom. The fourth-order valence-corrected chi connectivity index (χ4v) is 4.26. The zero-order valence-electron chi connectivity index (χ0n) is 15.1. The van der Waals surface area contributed by atoms with E-state index in [1.165, 1.54) is 11.3 Å². The van der Waals surface area contributed by atoms with Crippen LogP contribution in [0.1, 0.15) is 27.5 Å². The first-order valence-electron chi connectivity index (χ1n) is 8.34. The first kappa shape index (κ1) is 17.8. The van der Waals surface area contributed by atoms with Crippen molar-refractivity contribution in [3.8, 4) is 0 Å². The number of benzene rings is 1. The molecule has 4 rings (SSSR count). The number of hydrogen-bond acceptors (Lipinski definition) is 5. The number of carbonyl (C=O) groups is 1. The number of thiazole rings is 1. The highest BCUT2D eigenvalue weighted by molar-refractivity contribution is 7.22. The van der Waals surface area contributed by atoms with Crippen molar-refractivity contribution in [2.45, 2.75) is 20.4 Å². The Kier molecular flexibility index (Phi) is 4.49. The number of halogens is 1. The molecule has 1 amide bonds. The van der Waals surface area contributed by atoms with E-state index in [0.29, 0.717) is 21.6 Å². The van der Waals surface area contributed by atoms with Crippen LogP contribution in [0.25, 0.3) is 10.2 Å². The van der Waals surface area contributed by atoms with Crippen molar-refractivity contribution in [3.05, 3.63) is 64.3 Å². The summed E-state index contributed by atoms with van der Waals surface area (Å²) >= 11 is 7.60. The van der Waals surface area contributed by atoms with Gasteiger partial charge in [0.2, 0.25) is 0 Å². The van der Waals surface area contributed by atoms with Crippen molar-refractivity contribution in [2.24, 2.45) is 7.05 Å². The van der Waals surface area contributed by atoms with Gasteiger partial charge in [0.1, 0.15) is 5.76 Å². The minimum atomic E-state index is -0.224. The second kappa shape index (κ2) is 6.83. The molecule has 6 nitrogen and oxygen atoms in total. The van der Waals surface area contributed by atoms with E-state index in [2.05, 4.69) is 5.10 Å². The maximum atomic E-state index is 13.2. The molecule has 0 saturated carbocycles. The number of fused-ring (bicyclic) bond motifs is 1. The molecular weight excluding hydrogens is 384 g/mol. The van der Waals surface area contributed by atoms with Gasteiger partial charge < -0.3 is 4.42 Å². The number of aryl methyl sites for hydroxylation is 3. The Labute approximate surface area is 165 Å². The van der Waals surface area contributed by atoms with Crippen LogP contribution >= 0.6 is 22.9 Å². The highest BCUT2D eigenvalue weighted by Gasteiger charge is 2.25. The lowest BCUT2D eigenvalue weighted by atomic mass is 10.2. The molecular formula is C19H17ClN4O2S. The summed E-state index contributed by atoms with van der Waals surface area (Å²) in [5, 5.41) is 5.56. The van der Waals surface area contributed by atoms with Crippen molar-refractivity contribution in [1.29, 1.82) is 0 Å². The van der Waals surface area contributed by atoms with Crippen LogP contribution in [0.2, 0.25) is 5.02 Å². The number of hydrogen-bond donors (Lipinski definition) is 0. The average Bonchev–Trinajstić information content (AvgIpc) is 3.33. The van der Waals surface area contributed by atoms with Crippen molar-refractivity contribution in [1.82, 2.24) is 14.8 Å². The van der Waals surface area contributed by atoms with Crippen molar-refractivity contribution < 1.29 is 9.21 Å². The molecule has 0 unspecified atom stereocenters. The molecule has 0 aliphatic carbocycles. The Balaban J connectivity index is 1.80. The van der Waals surface area contributed by atoms with Gasteiger partial charge in [-0.2, -0.15) is 5.10 Å². The van der Waals surface area contributed by atoms with Crippen molar-refractivity contribution >= 4 is 44.2 Å². The van der Waals surface area contributed by atoms with Crippen LogP contribution in [0.5, 0.6) is 0 Å². The lowest BCUT2D eigenvalue weighted by molar-refractivity contribution is 0.0977. The molecule has 0 saturated heterocycles. The standard InChI is InChI=1S/C19H17ClN4O2S/c1-11-7-13(20)9-16-17(11)21-19(27-16)24(10-14-5-4-6-26-14)18(25)15-8-12(2)23(3)22-15/h4-9H,10H2,1-3H3. The average molecular weight is 401 g/mol. The first-order valence-corrected chi connectivity index (χ1v) is 9.53. The van der Waals surface area contributed by atoms with Gasteiger partial charge in [0.15, 0.2) is 10.8 Å². The van der Waals surface area contributed by atoms with Gasteiger partial charge >= 0.3 is 0 Å². The minimum absolute atomic E-state index is 0.224. The fraction of sp³-hybridized carbons (Fsp3) is 0.211. The Morgan fingerprint density at radius 2 is 2.15 bits per heavy atom. The molecule has 1 aromatic carbocycles. The summed E-state index contributed by atoms with van der Waals surface area (Å²) in [7, 11) is 1.81. The number of rotatable bonds is 4. The van der Waals surface area contributed by atoms with Crippen LogP contribution in [0.3, 0.4) is 0 Å². The minimum Gasteiger partial charge on any atom is -0.467 e. The molecule has 8 heteroatoms. The van der Waals surface area contributed by atoms with Gasteiger partial charge in [-0.05, 0) is 49.7 Å². The summed E-state index contributed by atoms with van der Waals surface area (Å²) in [5.41, 5.74) is 3.09. The van der Waals surface area contributed by atoms with E-state index >= 15 is 0 Å². The normalized spacial score (nSPS) is 11.3. The largest absolute Gasteiger partial charge is 0.467 e.